The van der Waals surface area contributed by atoms with E-state index in [9.17, 15) is 4.79 Å². The molecule has 0 aliphatic heterocycles. The van der Waals surface area contributed by atoms with Crippen LogP contribution in [0.2, 0.25) is 0 Å². The number of carbonyl (C=O) groups is 1. The summed E-state index contributed by atoms with van der Waals surface area (Å²) in [6.07, 6.45) is 5.91. The highest BCUT2D eigenvalue weighted by Crippen LogP contribution is 2.27. The molecule has 2 rings (SSSR count). The van der Waals surface area contributed by atoms with Gasteiger partial charge in [0.15, 0.2) is 0 Å². The van der Waals surface area contributed by atoms with E-state index in [0.717, 1.165) is 18.4 Å². The van der Waals surface area contributed by atoms with Crippen molar-refractivity contribution in [3.63, 3.8) is 0 Å². The average Bonchev–Trinajstić information content (AvgIpc) is 2.38. The molecule has 2 amide bonds. The van der Waals surface area contributed by atoms with Gasteiger partial charge in [-0.2, -0.15) is 0 Å². The van der Waals surface area contributed by atoms with Crippen LogP contribution >= 0.6 is 0 Å². The Morgan fingerprint density at radius 3 is 2.50 bits per heavy atom. The lowest BCUT2D eigenvalue weighted by Crippen LogP contribution is -2.50. The quantitative estimate of drug-likeness (QED) is 0.844. The largest absolute Gasteiger partial charge is 0.334 e. The molecule has 0 saturated heterocycles. The molecule has 2 N–H and O–H groups in total. The zero-order valence-electron chi connectivity index (χ0n) is 11.0. The molecule has 1 aromatic carbocycles. The Morgan fingerprint density at radius 2 is 1.83 bits per heavy atom. The SMILES string of the molecule is CC1(NC(=O)NCc2ccccc2)CCCCC1. The third-order valence-corrected chi connectivity index (χ3v) is 3.67. The molecule has 0 heterocycles. The predicted molar refractivity (Wildman–Crippen MR) is 73.3 cm³/mol. The van der Waals surface area contributed by atoms with Crippen LogP contribution in [0.5, 0.6) is 0 Å². The Hall–Kier alpha value is -1.51. The summed E-state index contributed by atoms with van der Waals surface area (Å²) in [5, 5.41) is 6.04. The minimum atomic E-state index is -0.0525. The third kappa shape index (κ3) is 3.76. The first-order chi connectivity index (χ1) is 8.68. The van der Waals surface area contributed by atoms with Crippen molar-refractivity contribution >= 4 is 6.03 Å². The minimum Gasteiger partial charge on any atom is -0.334 e. The van der Waals surface area contributed by atoms with Crippen LogP contribution in [0, 0.1) is 0 Å². The second-order valence-corrected chi connectivity index (χ2v) is 5.41. The fourth-order valence-corrected chi connectivity index (χ4v) is 2.55. The van der Waals surface area contributed by atoms with Crippen molar-refractivity contribution < 1.29 is 4.79 Å². The predicted octanol–water partition coefficient (Wildman–Crippen LogP) is 3.21. The maximum Gasteiger partial charge on any atom is 0.315 e. The van der Waals surface area contributed by atoms with Gasteiger partial charge < -0.3 is 10.6 Å². The lowest BCUT2D eigenvalue weighted by Gasteiger charge is -2.34. The highest BCUT2D eigenvalue weighted by molar-refractivity contribution is 5.74. The van der Waals surface area contributed by atoms with Crippen LogP contribution in [0.25, 0.3) is 0 Å². The lowest BCUT2D eigenvalue weighted by atomic mass is 9.83. The molecular formula is C15H22N2O. The molecule has 1 saturated carbocycles. The van der Waals surface area contributed by atoms with Crippen molar-refractivity contribution in [2.75, 3.05) is 0 Å². The number of hydrogen-bond donors (Lipinski definition) is 2. The van der Waals surface area contributed by atoms with Gasteiger partial charge in [0.1, 0.15) is 0 Å². The van der Waals surface area contributed by atoms with Crippen molar-refractivity contribution in [3.8, 4) is 0 Å². The number of nitrogens with one attached hydrogen (secondary N) is 2. The second kappa shape index (κ2) is 5.89. The van der Waals surface area contributed by atoms with E-state index >= 15 is 0 Å². The van der Waals surface area contributed by atoms with Crippen molar-refractivity contribution in [2.45, 2.75) is 51.1 Å². The molecule has 0 unspecified atom stereocenters. The van der Waals surface area contributed by atoms with Gasteiger partial charge in [-0.15, -0.1) is 0 Å². The van der Waals surface area contributed by atoms with Gasteiger partial charge in [-0.25, -0.2) is 4.79 Å². The van der Waals surface area contributed by atoms with Gasteiger partial charge in [-0.05, 0) is 25.3 Å². The maximum atomic E-state index is 11.9. The number of carbonyl (C=O) groups excluding carboxylic acids is 1. The molecule has 0 bridgehead atoms. The lowest BCUT2D eigenvalue weighted by molar-refractivity contribution is 0.210. The molecule has 1 aromatic rings. The van der Waals surface area contributed by atoms with Gasteiger partial charge in [-0.3, -0.25) is 0 Å². The molecule has 0 radical (unpaired) electrons. The first-order valence-electron chi connectivity index (χ1n) is 6.78. The van der Waals surface area contributed by atoms with Crippen molar-refractivity contribution in [2.24, 2.45) is 0 Å². The topological polar surface area (TPSA) is 41.1 Å². The summed E-state index contributed by atoms with van der Waals surface area (Å²) >= 11 is 0. The van der Waals surface area contributed by atoms with E-state index in [1.54, 1.807) is 0 Å². The van der Waals surface area contributed by atoms with Crippen LogP contribution < -0.4 is 10.6 Å². The van der Waals surface area contributed by atoms with Gasteiger partial charge in [0, 0.05) is 12.1 Å². The highest BCUT2D eigenvalue weighted by atomic mass is 16.2. The van der Waals surface area contributed by atoms with E-state index in [-0.39, 0.29) is 11.6 Å². The van der Waals surface area contributed by atoms with Crippen LogP contribution in [-0.4, -0.2) is 11.6 Å². The van der Waals surface area contributed by atoms with Gasteiger partial charge in [0.05, 0.1) is 0 Å². The summed E-state index contributed by atoms with van der Waals surface area (Å²) in [5.74, 6) is 0. The Balaban J connectivity index is 1.78. The zero-order valence-corrected chi connectivity index (χ0v) is 11.0. The van der Waals surface area contributed by atoms with Crippen LogP contribution in [0.4, 0.5) is 4.79 Å². The maximum absolute atomic E-state index is 11.9. The van der Waals surface area contributed by atoms with E-state index in [1.165, 1.54) is 19.3 Å². The fraction of sp³-hybridized carbons (Fsp3) is 0.533. The van der Waals surface area contributed by atoms with Crippen LogP contribution in [0.15, 0.2) is 30.3 Å². The smallest absolute Gasteiger partial charge is 0.315 e. The summed E-state index contributed by atoms with van der Waals surface area (Å²) in [5.41, 5.74) is 1.11. The molecule has 1 aliphatic carbocycles. The molecule has 0 spiro atoms. The Bertz CT molecular complexity index is 383. The Morgan fingerprint density at radius 1 is 1.17 bits per heavy atom. The minimum absolute atomic E-state index is 0.0149. The molecule has 3 heteroatoms. The Kier molecular flexibility index (Phi) is 4.24. The van der Waals surface area contributed by atoms with E-state index < -0.39 is 0 Å². The van der Waals surface area contributed by atoms with Gasteiger partial charge in [0.2, 0.25) is 0 Å². The summed E-state index contributed by atoms with van der Waals surface area (Å²) in [6, 6.07) is 9.93. The summed E-state index contributed by atoms with van der Waals surface area (Å²) in [7, 11) is 0. The molecule has 18 heavy (non-hydrogen) atoms. The summed E-state index contributed by atoms with van der Waals surface area (Å²) in [6.45, 7) is 2.73. The van der Waals surface area contributed by atoms with Crippen molar-refractivity contribution in [1.29, 1.82) is 0 Å². The van der Waals surface area contributed by atoms with E-state index in [4.69, 9.17) is 0 Å². The Labute approximate surface area is 109 Å². The number of urea groups is 1. The first-order valence-corrected chi connectivity index (χ1v) is 6.78. The molecule has 1 aliphatic rings. The zero-order chi connectivity index (χ0) is 12.8. The van der Waals surface area contributed by atoms with Gasteiger partial charge >= 0.3 is 6.03 Å². The van der Waals surface area contributed by atoms with E-state index in [1.807, 2.05) is 30.3 Å². The number of hydrogen-bond acceptors (Lipinski definition) is 1. The number of rotatable bonds is 3. The van der Waals surface area contributed by atoms with Crippen LogP contribution in [0.3, 0.4) is 0 Å². The standard InChI is InChI=1S/C15H22N2O/c1-15(10-6-3-7-11-15)17-14(18)16-12-13-8-4-2-5-9-13/h2,4-5,8-9H,3,6-7,10-12H2,1H3,(H2,16,17,18). The van der Waals surface area contributed by atoms with Crippen LogP contribution in [-0.2, 0) is 6.54 Å². The number of benzene rings is 1. The van der Waals surface area contributed by atoms with Crippen LogP contribution in [0.1, 0.15) is 44.6 Å². The summed E-state index contributed by atoms with van der Waals surface area (Å²) < 4.78 is 0. The first kappa shape index (κ1) is 12.9. The molecular weight excluding hydrogens is 224 g/mol. The monoisotopic (exact) mass is 246 g/mol. The highest BCUT2D eigenvalue weighted by Gasteiger charge is 2.28. The van der Waals surface area contributed by atoms with Gasteiger partial charge in [-0.1, -0.05) is 49.6 Å². The van der Waals surface area contributed by atoms with E-state index in [2.05, 4.69) is 17.6 Å². The number of amides is 2. The second-order valence-electron chi connectivity index (χ2n) is 5.41. The normalized spacial score (nSPS) is 18.1. The molecule has 1 fully saturated rings. The van der Waals surface area contributed by atoms with Crippen molar-refractivity contribution in [3.05, 3.63) is 35.9 Å². The molecule has 98 valence electrons. The third-order valence-electron chi connectivity index (χ3n) is 3.67. The average molecular weight is 246 g/mol. The van der Waals surface area contributed by atoms with Crippen molar-refractivity contribution in [1.82, 2.24) is 10.6 Å². The van der Waals surface area contributed by atoms with E-state index in [0.29, 0.717) is 6.54 Å². The summed E-state index contributed by atoms with van der Waals surface area (Å²) in [4.78, 5) is 11.9. The molecule has 3 nitrogen and oxygen atoms in total. The molecule has 0 atom stereocenters. The van der Waals surface area contributed by atoms with Gasteiger partial charge in [0.25, 0.3) is 0 Å². The molecule has 0 aromatic heterocycles. The fourth-order valence-electron chi connectivity index (χ4n) is 2.55.